The molecule has 19 heavy (non-hydrogen) atoms. The first-order valence-corrected chi connectivity index (χ1v) is 5.89. The normalized spacial score (nSPS) is 14.6. The molecule has 0 spiro atoms. The van der Waals surface area contributed by atoms with Crippen LogP contribution in [-0.2, 0) is 11.2 Å². The minimum atomic E-state index is -0.444. The van der Waals surface area contributed by atoms with Crippen molar-refractivity contribution < 1.29 is 9.72 Å². The van der Waals surface area contributed by atoms with Crippen molar-refractivity contribution in [1.29, 1.82) is 0 Å². The van der Waals surface area contributed by atoms with Gasteiger partial charge in [-0.25, -0.2) is 0 Å². The van der Waals surface area contributed by atoms with Crippen LogP contribution in [0.4, 0.5) is 5.69 Å². The van der Waals surface area contributed by atoms with Crippen LogP contribution in [0, 0.1) is 10.1 Å². The highest BCUT2D eigenvalue weighted by Crippen LogP contribution is 2.18. The average Bonchev–Trinajstić information content (AvgIpc) is 2.40. The second-order valence-corrected chi connectivity index (χ2v) is 4.19. The Morgan fingerprint density at radius 3 is 2.58 bits per heavy atom. The van der Waals surface area contributed by atoms with Crippen molar-refractivity contribution in [2.75, 3.05) is 26.2 Å². The van der Waals surface area contributed by atoms with Crippen molar-refractivity contribution in [2.45, 2.75) is 6.42 Å². The van der Waals surface area contributed by atoms with Crippen LogP contribution in [0.5, 0.6) is 0 Å². The molecule has 0 saturated carbocycles. The molecule has 1 N–H and O–H groups in total. The minimum Gasteiger partial charge on any atom is -0.340 e. The van der Waals surface area contributed by atoms with Gasteiger partial charge >= 0.3 is 0 Å². The number of amides is 1. The number of nitrogens with zero attached hydrogens (tertiary/aromatic N) is 2. The molecule has 0 aliphatic carbocycles. The van der Waals surface area contributed by atoms with E-state index >= 15 is 0 Å². The summed E-state index contributed by atoms with van der Waals surface area (Å²) in [4.78, 5) is 24.2. The smallest absolute Gasteiger partial charge is 0.273 e. The van der Waals surface area contributed by atoms with Gasteiger partial charge in [0.25, 0.3) is 5.69 Å². The van der Waals surface area contributed by atoms with Crippen molar-refractivity contribution in [2.24, 2.45) is 0 Å². The molecule has 1 amide bonds. The minimum absolute atomic E-state index is 0. The number of nitro groups is 1. The first kappa shape index (κ1) is 15.4. The van der Waals surface area contributed by atoms with Gasteiger partial charge in [0.15, 0.2) is 0 Å². The Morgan fingerprint density at radius 2 is 1.95 bits per heavy atom. The standard InChI is InChI=1S/C12H15N3O3.ClH/c16-12(14-7-5-13-6-8-14)9-10-3-1-2-4-11(10)15(17)18;/h1-4,13H,5-9H2;1H. The van der Waals surface area contributed by atoms with E-state index < -0.39 is 4.92 Å². The van der Waals surface area contributed by atoms with E-state index in [0.717, 1.165) is 13.1 Å². The third-order valence-electron chi connectivity index (χ3n) is 3.00. The summed E-state index contributed by atoms with van der Waals surface area (Å²) < 4.78 is 0. The van der Waals surface area contributed by atoms with E-state index in [-0.39, 0.29) is 30.4 Å². The molecule has 7 heteroatoms. The molecular formula is C12H16ClN3O3. The van der Waals surface area contributed by atoms with Crippen LogP contribution >= 0.6 is 12.4 Å². The fraction of sp³-hybridized carbons (Fsp3) is 0.417. The summed E-state index contributed by atoms with van der Waals surface area (Å²) in [5.74, 6) is -0.0502. The number of para-hydroxylation sites is 1. The highest BCUT2D eigenvalue weighted by atomic mass is 35.5. The molecule has 1 aliphatic heterocycles. The summed E-state index contributed by atoms with van der Waals surface area (Å²) in [5, 5.41) is 14.0. The van der Waals surface area contributed by atoms with Gasteiger partial charge in [-0.1, -0.05) is 18.2 Å². The van der Waals surface area contributed by atoms with Gasteiger partial charge in [-0.05, 0) is 0 Å². The van der Waals surface area contributed by atoms with E-state index in [1.165, 1.54) is 6.07 Å². The Balaban J connectivity index is 0.00000180. The van der Waals surface area contributed by atoms with Crippen LogP contribution in [0.25, 0.3) is 0 Å². The second-order valence-electron chi connectivity index (χ2n) is 4.19. The van der Waals surface area contributed by atoms with E-state index in [0.29, 0.717) is 18.7 Å². The van der Waals surface area contributed by atoms with Crippen molar-refractivity contribution >= 4 is 24.0 Å². The summed E-state index contributed by atoms with van der Waals surface area (Å²) in [6.07, 6.45) is 0.0944. The number of benzene rings is 1. The van der Waals surface area contributed by atoms with Crippen LogP contribution in [0.1, 0.15) is 5.56 Å². The van der Waals surface area contributed by atoms with E-state index in [2.05, 4.69) is 5.32 Å². The Hall–Kier alpha value is -1.66. The van der Waals surface area contributed by atoms with E-state index in [9.17, 15) is 14.9 Å². The van der Waals surface area contributed by atoms with Gasteiger partial charge < -0.3 is 10.2 Å². The lowest BCUT2D eigenvalue weighted by atomic mass is 10.1. The molecule has 0 bridgehead atoms. The van der Waals surface area contributed by atoms with Crippen molar-refractivity contribution in [3.05, 3.63) is 39.9 Å². The average molecular weight is 286 g/mol. The molecular weight excluding hydrogens is 270 g/mol. The quantitative estimate of drug-likeness (QED) is 0.664. The van der Waals surface area contributed by atoms with Gasteiger partial charge in [0.05, 0.1) is 11.3 Å². The van der Waals surface area contributed by atoms with E-state index in [4.69, 9.17) is 0 Å². The van der Waals surface area contributed by atoms with Gasteiger partial charge in [0.2, 0.25) is 5.91 Å². The molecule has 1 fully saturated rings. The number of carbonyl (C=O) groups is 1. The molecule has 0 unspecified atom stereocenters. The van der Waals surface area contributed by atoms with E-state index in [1.54, 1.807) is 23.1 Å². The molecule has 0 aromatic heterocycles. The van der Waals surface area contributed by atoms with Crippen LogP contribution in [-0.4, -0.2) is 41.9 Å². The Bertz CT molecular complexity index is 461. The highest BCUT2D eigenvalue weighted by Gasteiger charge is 2.20. The Morgan fingerprint density at radius 1 is 1.32 bits per heavy atom. The summed E-state index contributed by atoms with van der Waals surface area (Å²) in [6, 6.07) is 6.39. The summed E-state index contributed by atoms with van der Waals surface area (Å²) in [6.45, 7) is 2.89. The number of piperazine rings is 1. The zero-order valence-corrected chi connectivity index (χ0v) is 11.2. The van der Waals surface area contributed by atoms with Gasteiger partial charge in [-0.3, -0.25) is 14.9 Å². The number of halogens is 1. The molecule has 2 rings (SSSR count). The predicted molar refractivity (Wildman–Crippen MR) is 73.5 cm³/mol. The maximum absolute atomic E-state index is 12.0. The number of carbonyl (C=O) groups excluding carboxylic acids is 1. The van der Waals surface area contributed by atoms with Gasteiger partial charge in [0, 0.05) is 37.8 Å². The lowest BCUT2D eigenvalue weighted by Gasteiger charge is -2.27. The monoisotopic (exact) mass is 285 g/mol. The number of hydrogen-bond donors (Lipinski definition) is 1. The summed E-state index contributed by atoms with van der Waals surface area (Å²) >= 11 is 0. The van der Waals surface area contributed by atoms with E-state index in [1.807, 2.05) is 0 Å². The number of rotatable bonds is 3. The molecule has 6 nitrogen and oxygen atoms in total. The lowest BCUT2D eigenvalue weighted by Crippen LogP contribution is -2.46. The predicted octanol–water partition coefficient (Wildman–Crippen LogP) is 0.991. The topological polar surface area (TPSA) is 75.5 Å². The largest absolute Gasteiger partial charge is 0.340 e. The molecule has 1 aromatic carbocycles. The van der Waals surface area contributed by atoms with Crippen molar-refractivity contribution in [3.63, 3.8) is 0 Å². The Kier molecular flexibility index (Phi) is 5.72. The second kappa shape index (κ2) is 7.06. The molecule has 0 radical (unpaired) electrons. The third-order valence-corrected chi connectivity index (χ3v) is 3.00. The maximum atomic E-state index is 12.0. The lowest BCUT2D eigenvalue weighted by molar-refractivity contribution is -0.385. The van der Waals surface area contributed by atoms with Gasteiger partial charge in [-0.2, -0.15) is 0 Å². The number of nitro benzene ring substituents is 1. The zero-order chi connectivity index (χ0) is 13.0. The van der Waals surface area contributed by atoms with Crippen molar-refractivity contribution in [3.8, 4) is 0 Å². The molecule has 104 valence electrons. The molecule has 0 atom stereocenters. The molecule has 1 aliphatic rings. The van der Waals surface area contributed by atoms with Crippen LogP contribution in [0.2, 0.25) is 0 Å². The van der Waals surface area contributed by atoms with Crippen LogP contribution in [0.15, 0.2) is 24.3 Å². The van der Waals surface area contributed by atoms with Gasteiger partial charge in [0.1, 0.15) is 0 Å². The van der Waals surface area contributed by atoms with Gasteiger partial charge in [-0.15, -0.1) is 12.4 Å². The fourth-order valence-electron chi connectivity index (χ4n) is 2.03. The van der Waals surface area contributed by atoms with Crippen molar-refractivity contribution in [1.82, 2.24) is 10.2 Å². The summed E-state index contributed by atoms with van der Waals surface area (Å²) in [5.41, 5.74) is 0.493. The first-order chi connectivity index (χ1) is 8.68. The third kappa shape index (κ3) is 3.90. The summed E-state index contributed by atoms with van der Waals surface area (Å²) in [7, 11) is 0. The zero-order valence-electron chi connectivity index (χ0n) is 10.4. The molecule has 1 aromatic rings. The SMILES string of the molecule is Cl.O=C(Cc1ccccc1[N+](=O)[O-])N1CCNCC1. The van der Waals surface area contributed by atoms with Crippen LogP contribution in [0.3, 0.4) is 0 Å². The molecule has 1 saturated heterocycles. The fourth-order valence-corrected chi connectivity index (χ4v) is 2.03. The highest BCUT2D eigenvalue weighted by molar-refractivity contribution is 5.85. The maximum Gasteiger partial charge on any atom is 0.273 e. The Labute approximate surface area is 117 Å². The number of hydrogen-bond acceptors (Lipinski definition) is 4. The van der Waals surface area contributed by atoms with Crippen LogP contribution < -0.4 is 5.32 Å². The number of nitrogens with one attached hydrogen (secondary N) is 1. The molecule has 1 heterocycles. The first-order valence-electron chi connectivity index (χ1n) is 5.89.